The van der Waals surface area contributed by atoms with Gasteiger partial charge in [0.1, 0.15) is 5.15 Å². The van der Waals surface area contributed by atoms with Crippen molar-refractivity contribution in [2.75, 3.05) is 46.3 Å². The van der Waals surface area contributed by atoms with Gasteiger partial charge in [-0.2, -0.15) is 0 Å². The highest BCUT2D eigenvalue weighted by molar-refractivity contribution is 6.35. The maximum atomic E-state index is 12.0. The van der Waals surface area contributed by atoms with E-state index < -0.39 is 0 Å². The molecule has 0 radical (unpaired) electrons. The van der Waals surface area contributed by atoms with E-state index in [9.17, 15) is 4.79 Å². The number of amides is 1. The molecule has 1 aromatic heterocycles. The number of nitrogens with one attached hydrogen (secondary N) is 1. The van der Waals surface area contributed by atoms with E-state index in [4.69, 9.17) is 23.2 Å². The number of hydrogen-bond donors (Lipinski definition) is 1. The molecule has 0 unspecified atom stereocenters. The second kappa shape index (κ2) is 7.22. The number of aromatic nitrogens is 1. The van der Waals surface area contributed by atoms with Crippen molar-refractivity contribution in [2.45, 2.75) is 0 Å². The lowest BCUT2D eigenvalue weighted by Gasteiger charge is -2.32. The third-order valence-corrected chi connectivity index (χ3v) is 3.88. The zero-order valence-corrected chi connectivity index (χ0v) is 12.9. The Balaban J connectivity index is 1.79. The van der Waals surface area contributed by atoms with E-state index >= 15 is 0 Å². The fourth-order valence-electron chi connectivity index (χ4n) is 2.08. The number of carbonyl (C=O) groups is 1. The predicted molar refractivity (Wildman–Crippen MR) is 80.5 cm³/mol. The Morgan fingerprint density at radius 3 is 2.75 bits per heavy atom. The normalized spacial score (nSPS) is 17.1. The molecule has 0 aromatic carbocycles. The highest BCUT2D eigenvalue weighted by Gasteiger charge is 2.15. The van der Waals surface area contributed by atoms with Gasteiger partial charge in [0, 0.05) is 45.5 Å². The summed E-state index contributed by atoms with van der Waals surface area (Å²) in [5.74, 6) is -0.214. The van der Waals surface area contributed by atoms with Crippen LogP contribution in [0.4, 0.5) is 0 Å². The first-order valence-corrected chi connectivity index (χ1v) is 7.32. The molecule has 110 valence electrons. The Morgan fingerprint density at radius 1 is 1.35 bits per heavy atom. The molecular weight excluding hydrogens is 299 g/mol. The van der Waals surface area contributed by atoms with Gasteiger partial charge in [0.05, 0.1) is 10.6 Å². The largest absolute Gasteiger partial charge is 0.351 e. The molecular formula is C13H18Cl2N4O. The van der Waals surface area contributed by atoms with Crippen molar-refractivity contribution in [3.05, 3.63) is 28.0 Å². The van der Waals surface area contributed by atoms with Crippen molar-refractivity contribution in [3.8, 4) is 0 Å². The van der Waals surface area contributed by atoms with Crippen LogP contribution < -0.4 is 5.32 Å². The fraction of sp³-hybridized carbons (Fsp3) is 0.538. The summed E-state index contributed by atoms with van der Waals surface area (Å²) in [6.07, 6.45) is 1.39. The van der Waals surface area contributed by atoms with Gasteiger partial charge in [-0.25, -0.2) is 4.98 Å². The summed E-state index contributed by atoms with van der Waals surface area (Å²) < 4.78 is 0. The van der Waals surface area contributed by atoms with E-state index in [1.807, 2.05) is 0 Å². The number of hydrogen-bond acceptors (Lipinski definition) is 4. The van der Waals surface area contributed by atoms with E-state index in [0.717, 1.165) is 32.7 Å². The first-order chi connectivity index (χ1) is 9.56. The number of pyridine rings is 1. The average molecular weight is 317 g/mol. The van der Waals surface area contributed by atoms with Crippen LogP contribution in [0.25, 0.3) is 0 Å². The Kier molecular flexibility index (Phi) is 5.60. The second-order valence-electron chi connectivity index (χ2n) is 4.89. The molecule has 7 heteroatoms. The van der Waals surface area contributed by atoms with Crippen molar-refractivity contribution in [1.29, 1.82) is 0 Å². The lowest BCUT2D eigenvalue weighted by molar-refractivity contribution is 0.0941. The maximum absolute atomic E-state index is 12.0. The van der Waals surface area contributed by atoms with Crippen LogP contribution in [0.1, 0.15) is 10.4 Å². The zero-order valence-electron chi connectivity index (χ0n) is 11.4. The minimum atomic E-state index is -0.214. The minimum absolute atomic E-state index is 0.214. The van der Waals surface area contributed by atoms with Gasteiger partial charge < -0.3 is 10.2 Å². The van der Waals surface area contributed by atoms with Crippen molar-refractivity contribution >= 4 is 29.1 Å². The molecule has 1 aliphatic heterocycles. The molecule has 1 amide bonds. The highest BCUT2D eigenvalue weighted by atomic mass is 35.5. The third kappa shape index (κ3) is 4.31. The molecule has 0 atom stereocenters. The Labute approximate surface area is 128 Å². The molecule has 0 bridgehead atoms. The molecule has 1 fully saturated rings. The van der Waals surface area contributed by atoms with Gasteiger partial charge >= 0.3 is 0 Å². The number of likely N-dealkylation sites (N-methyl/N-ethyl adjacent to an activating group) is 1. The standard InChI is InChI=1S/C13H18Cl2N4O/c1-18-4-6-19(7-5-18)3-2-16-13(20)10-8-12(15)17-9-11(10)14/h8-9H,2-7H2,1H3,(H,16,20). The van der Waals surface area contributed by atoms with E-state index in [0.29, 0.717) is 17.1 Å². The van der Waals surface area contributed by atoms with E-state index in [1.165, 1.54) is 12.3 Å². The van der Waals surface area contributed by atoms with Gasteiger partial charge in [-0.1, -0.05) is 23.2 Å². The monoisotopic (exact) mass is 316 g/mol. The molecule has 20 heavy (non-hydrogen) atoms. The van der Waals surface area contributed by atoms with Crippen LogP contribution >= 0.6 is 23.2 Å². The molecule has 0 aliphatic carbocycles. The first kappa shape index (κ1) is 15.5. The Morgan fingerprint density at radius 2 is 2.05 bits per heavy atom. The van der Waals surface area contributed by atoms with Gasteiger partial charge in [-0.05, 0) is 13.1 Å². The summed E-state index contributed by atoms with van der Waals surface area (Å²) in [7, 11) is 2.12. The van der Waals surface area contributed by atoms with Crippen molar-refractivity contribution < 1.29 is 4.79 Å². The van der Waals surface area contributed by atoms with Crippen LogP contribution in [0.5, 0.6) is 0 Å². The van der Waals surface area contributed by atoms with Gasteiger partial charge in [-0.15, -0.1) is 0 Å². The number of rotatable bonds is 4. The highest BCUT2D eigenvalue weighted by Crippen LogP contribution is 2.17. The number of nitrogens with zero attached hydrogens (tertiary/aromatic N) is 3. The number of halogens is 2. The average Bonchev–Trinajstić information content (AvgIpc) is 2.43. The minimum Gasteiger partial charge on any atom is -0.351 e. The van der Waals surface area contributed by atoms with Crippen LogP contribution in [-0.4, -0.2) is 67.0 Å². The molecule has 0 saturated carbocycles. The Bertz CT molecular complexity index is 475. The van der Waals surface area contributed by atoms with Crippen LogP contribution in [0.3, 0.4) is 0 Å². The molecule has 2 heterocycles. The molecule has 2 rings (SSSR count). The molecule has 0 spiro atoms. The summed E-state index contributed by atoms with van der Waals surface area (Å²) in [6, 6.07) is 1.48. The SMILES string of the molecule is CN1CCN(CCNC(=O)c2cc(Cl)ncc2Cl)CC1. The molecule has 5 nitrogen and oxygen atoms in total. The predicted octanol–water partition coefficient (Wildman–Crippen LogP) is 1.37. The molecule has 1 N–H and O–H groups in total. The van der Waals surface area contributed by atoms with Gasteiger partial charge in [0.2, 0.25) is 0 Å². The van der Waals surface area contributed by atoms with Gasteiger partial charge in [-0.3, -0.25) is 9.69 Å². The van der Waals surface area contributed by atoms with E-state index in [-0.39, 0.29) is 11.1 Å². The second-order valence-corrected chi connectivity index (χ2v) is 5.68. The van der Waals surface area contributed by atoms with Crippen LogP contribution in [0, 0.1) is 0 Å². The molecule has 1 aromatic rings. The van der Waals surface area contributed by atoms with Crippen molar-refractivity contribution in [1.82, 2.24) is 20.1 Å². The quantitative estimate of drug-likeness (QED) is 0.852. The first-order valence-electron chi connectivity index (χ1n) is 6.56. The lowest BCUT2D eigenvalue weighted by atomic mass is 10.2. The summed E-state index contributed by atoms with van der Waals surface area (Å²) in [5.41, 5.74) is 0.366. The van der Waals surface area contributed by atoms with Crippen LogP contribution in [0.15, 0.2) is 12.3 Å². The maximum Gasteiger partial charge on any atom is 0.253 e. The molecule has 1 saturated heterocycles. The summed E-state index contributed by atoms with van der Waals surface area (Å²) in [4.78, 5) is 20.5. The van der Waals surface area contributed by atoms with Crippen LogP contribution in [0.2, 0.25) is 10.2 Å². The lowest BCUT2D eigenvalue weighted by Crippen LogP contribution is -2.46. The summed E-state index contributed by atoms with van der Waals surface area (Å²) in [5, 5.41) is 3.43. The Hall–Kier alpha value is -0.880. The summed E-state index contributed by atoms with van der Waals surface area (Å²) in [6.45, 7) is 5.65. The van der Waals surface area contributed by atoms with Crippen LogP contribution in [-0.2, 0) is 0 Å². The van der Waals surface area contributed by atoms with Gasteiger partial charge in [0.25, 0.3) is 5.91 Å². The number of carbonyl (C=O) groups excluding carboxylic acids is 1. The van der Waals surface area contributed by atoms with Crippen molar-refractivity contribution in [2.24, 2.45) is 0 Å². The fourth-order valence-corrected chi connectivity index (χ4v) is 2.43. The topological polar surface area (TPSA) is 48.5 Å². The van der Waals surface area contributed by atoms with E-state index in [1.54, 1.807) is 0 Å². The zero-order chi connectivity index (χ0) is 14.5. The third-order valence-electron chi connectivity index (χ3n) is 3.38. The smallest absolute Gasteiger partial charge is 0.253 e. The molecule has 1 aliphatic rings. The number of piperazine rings is 1. The van der Waals surface area contributed by atoms with Gasteiger partial charge in [0.15, 0.2) is 0 Å². The van der Waals surface area contributed by atoms with Crippen molar-refractivity contribution in [3.63, 3.8) is 0 Å². The van der Waals surface area contributed by atoms with E-state index in [2.05, 4.69) is 27.1 Å². The summed E-state index contributed by atoms with van der Waals surface area (Å²) >= 11 is 11.7.